The van der Waals surface area contributed by atoms with Crippen LogP contribution in [0.3, 0.4) is 0 Å². The van der Waals surface area contributed by atoms with E-state index in [0.717, 1.165) is 63.1 Å². The lowest BCUT2D eigenvalue weighted by atomic mass is 9.99. The highest BCUT2D eigenvalue weighted by Gasteiger charge is 2.39. The molecule has 0 spiro atoms. The third-order valence-corrected chi connectivity index (χ3v) is 16.8. The minimum Gasteiger partial charge on any atom is -0.309 e. The van der Waals surface area contributed by atoms with Gasteiger partial charge in [-0.3, -0.25) is 0 Å². The van der Waals surface area contributed by atoms with Gasteiger partial charge < -0.3 is 9.13 Å². The normalized spacial score (nSPS) is 12.0. The van der Waals surface area contributed by atoms with E-state index in [-0.39, 0.29) is 0 Å². The van der Waals surface area contributed by atoms with Crippen LogP contribution in [0.1, 0.15) is 0 Å². The maximum absolute atomic E-state index is 16.2. The first-order chi connectivity index (χ1) is 23.1. The first kappa shape index (κ1) is 29.6. The SMILES string of the molecule is O=P(c1ccccc1)(c1ccccc1)c1ccccc1-c1c(P(=O)(c2ccccc2)c2ccccc2)sc2ccc3ccccc3c12. The Labute approximate surface area is 278 Å². The lowest BCUT2D eigenvalue weighted by Gasteiger charge is -2.25. The van der Waals surface area contributed by atoms with Crippen molar-refractivity contribution in [1.29, 1.82) is 0 Å². The Balaban J connectivity index is 1.55. The maximum atomic E-state index is 16.2. The van der Waals surface area contributed by atoms with Gasteiger partial charge in [-0.15, -0.1) is 11.3 Å². The van der Waals surface area contributed by atoms with Crippen molar-refractivity contribution in [1.82, 2.24) is 0 Å². The fraction of sp³-hybridized carbons (Fsp3) is 0. The van der Waals surface area contributed by atoms with Gasteiger partial charge in [0.15, 0.2) is 14.3 Å². The zero-order valence-electron chi connectivity index (χ0n) is 25.4. The summed E-state index contributed by atoms with van der Waals surface area (Å²) in [5.41, 5.74) is 1.73. The van der Waals surface area contributed by atoms with Crippen molar-refractivity contribution in [2.75, 3.05) is 0 Å². The van der Waals surface area contributed by atoms with Gasteiger partial charge in [0, 0.05) is 42.2 Å². The molecule has 0 aliphatic carbocycles. The molecule has 1 heterocycles. The second kappa shape index (κ2) is 12.1. The molecule has 1 aromatic heterocycles. The second-order valence-electron chi connectivity index (χ2n) is 11.5. The molecular weight excluding hydrogens is 630 g/mol. The first-order valence-corrected chi connectivity index (χ1v) is 19.8. The maximum Gasteiger partial charge on any atom is 0.181 e. The Morgan fingerprint density at radius 3 is 1.40 bits per heavy atom. The van der Waals surface area contributed by atoms with E-state index in [0.29, 0.717) is 0 Å². The zero-order valence-corrected chi connectivity index (χ0v) is 28.0. The summed E-state index contributed by atoms with van der Waals surface area (Å²) in [6.07, 6.45) is 0. The van der Waals surface area contributed by atoms with Crippen molar-refractivity contribution in [3.05, 3.63) is 182 Å². The van der Waals surface area contributed by atoms with Crippen molar-refractivity contribution in [3.63, 3.8) is 0 Å². The molecule has 0 saturated carbocycles. The number of hydrogen-bond donors (Lipinski definition) is 0. The molecule has 8 rings (SSSR count). The molecule has 0 fully saturated rings. The summed E-state index contributed by atoms with van der Waals surface area (Å²) < 4.78 is 34.0. The quantitative estimate of drug-likeness (QED) is 0.160. The molecule has 0 atom stereocenters. The van der Waals surface area contributed by atoms with E-state index < -0.39 is 14.3 Å². The van der Waals surface area contributed by atoms with Gasteiger partial charge in [-0.05, 0) is 22.4 Å². The largest absolute Gasteiger partial charge is 0.309 e. The second-order valence-corrected chi connectivity index (χ2v) is 18.3. The van der Waals surface area contributed by atoms with Gasteiger partial charge in [0.05, 0.1) is 4.62 Å². The van der Waals surface area contributed by atoms with Crippen LogP contribution in [0.2, 0.25) is 0 Å². The summed E-state index contributed by atoms with van der Waals surface area (Å²) in [5.74, 6) is 0. The van der Waals surface area contributed by atoms with E-state index in [1.807, 2.05) is 146 Å². The minimum atomic E-state index is -3.42. The Morgan fingerprint density at radius 1 is 0.404 bits per heavy atom. The van der Waals surface area contributed by atoms with Gasteiger partial charge in [-0.2, -0.15) is 0 Å². The summed E-state index contributed by atoms with van der Waals surface area (Å²) in [6, 6.07) is 59.9. The van der Waals surface area contributed by atoms with Crippen LogP contribution in [-0.4, -0.2) is 0 Å². The monoisotopic (exact) mass is 660 g/mol. The van der Waals surface area contributed by atoms with Crippen molar-refractivity contribution in [2.24, 2.45) is 0 Å². The highest BCUT2D eigenvalue weighted by atomic mass is 32.1. The van der Waals surface area contributed by atoms with Crippen molar-refractivity contribution in [3.8, 4) is 11.1 Å². The van der Waals surface area contributed by atoms with Crippen LogP contribution in [0.5, 0.6) is 0 Å². The Bertz CT molecular complexity index is 2370. The van der Waals surface area contributed by atoms with Gasteiger partial charge in [-0.25, -0.2) is 0 Å². The average Bonchev–Trinajstić information content (AvgIpc) is 3.56. The summed E-state index contributed by atoms with van der Waals surface area (Å²) in [5, 5.41) is 7.03. The molecule has 0 aliphatic heterocycles. The number of benzene rings is 7. The van der Waals surface area contributed by atoms with Crippen LogP contribution in [0, 0.1) is 0 Å². The lowest BCUT2D eigenvalue weighted by molar-refractivity contribution is 0.591. The molecule has 0 unspecified atom stereocenters. The van der Waals surface area contributed by atoms with E-state index >= 15 is 9.13 Å². The highest BCUT2D eigenvalue weighted by molar-refractivity contribution is 7.90. The lowest BCUT2D eigenvalue weighted by Crippen LogP contribution is -2.28. The number of hydrogen-bond acceptors (Lipinski definition) is 3. The fourth-order valence-corrected chi connectivity index (χ4v) is 14.4. The predicted octanol–water partition coefficient (Wildman–Crippen LogP) is 9.00. The van der Waals surface area contributed by atoms with Crippen molar-refractivity contribution < 1.29 is 9.13 Å². The number of rotatable bonds is 7. The summed E-state index contributed by atoms with van der Waals surface area (Å²) in [4.78, 5) is 0. The molecule has 47 heavy (non-hydrogen) atoms. The molecule has 0 amide bonds. The van der Waals surface area contributed by atoms with Gasteiger partial charge in [0.2, 0.25) is 0 Å². The van der Waals surface area contributed by atoms with E-state index in [2.05, 4.69) is 36.4 Å². The van der Waals surface area contributed by atoms with Crippen LogP contribution in [0.15, 0.2) is 182 Å². The zero-order chi connectivity index (χ0) is 31.8. The molecular formula is C42H30O2P2S. The third kappa shape index (κ3) is 4.86. The van der Waals surface area contributed by atoms with Gasteiger partial charge in [0.1, 0.15) is 0 Å². The van der Waals surface area contributed by atoms with E-state index in [4.69, 9.17) is 0 Å². The van der Waals surface area contributed by atoms with E-state index in [1.165, 1.54) is 0 Å². The highest BCUT2D eigenvalue weighted by Crippen LogP contribution is 2.53. The molecule has 2 nitrogen and oxygen atoms in total. The van der Waals surface area contributed by atoms with Gasteiger partial charge >= 0.3 is 0 Å². The van der Waals surface area contributed by atoms with E-state index in [9.17, 15) is 0 Å². The summed E-state index contributed by atoms with van der Waals surface area (Å²) >= 11 is 1.59. The Hall–Kier alpha value is -4.78. The van der Waals surface area contributed by atoms with Crippen LogP contribution < -0.4 is 31.1 Å². The van der Waals surface area contributed by atoms with E-state index in [1.54, 1.807) is 11.3 Å². The van der Waals surface area contributed by atoms with Crippen LogP contribution in [-0.2, 0) is 9.13 Å². The molecule has 5 heteroatoms. The van der Waals surface area contributed by atoms with Crippen LogP contribution in [0.25, 0.3) is 32.0 Å². The average molecular weight is 661 g/mol. The predicted molar refractivity (Wildman–Crippen MR) is 204 cm³/mol. The Morgan fingerprint density at radius 2 is 0.851 bits per heavy atom. The molecule has 0 bridgehead atoms. The smallest absolute Gasteiger partial charge is 0.181 e. The molecule has 0 N–H and O–H groups in total. The topological polar surface area (TPSA) is 34.1 Å². The van der Waals surface area contributed by atoms with Gasteiger partial charge in [0.25, 0.3) is 0 Å². The number of thiophene rings is 1. The molecule has 0 aliphatic rings. The third-order valence-electron chi connectivity index (χ3n) is 8.84. The molecule has 7 aromatic carbocycles. The molecule has 0 radical (unpaired) electrons. The van der Waals surface area contributed by atoms with Crippen LogP contribution >= 0.6 is 25.6 Å². The van der Waals surface area contributed by atoms with Crippen molar-refractivity contribution >= 4 is 77.6 Å². The summed E-state index contributed by atoms with van der Waals surface area (Å²) in [6.45, 7) is 0. The Kier molecular flexibility index (Phi) is 7.63. The first-order valence-electron chi connectivity index (χ1n) is 15.6. The molecule has 0 saturated heterocycles. The number of fused-ring (bicyclic) bond motifs is 3. The minimum absolute atomic E-state index is 0.735. The molecule has 8 aromatic rings. The summed E-state index contributed by atoms with van der Waals surface area (Å²) in [7, 11) is -6.81. The fourth-order valence-electron chi connectivity index (χ4n) is 6.65. The van der Waals surface area contributed by atoms with Crippen molar-refractivity contribution in [2.45, 2.75) is 0 Å². The van der Waals surface area contributed by atoms with Crippen LogP contribution in [0.4, 0.5) is 0 Å². The van der Waals surface area contributed by atoms with Gasteiger partial charge in [-0.1, -0.05) is 176 Å². The standard InChI is InChI=1S/C42H30O2P2S/c43-45(32-18-5-1-6-19-32,33-20-7-2-8-21-33)38-28-16-15-27-37(38)41-40-36-26-14-13-17-31(36)29-30-39(40)47-42(41)46(44,34-22-9-3-10-23-34)35-24-11-4-12-25-35/h1-30H. The molecule has 226 valence electrons.